The Morgan fingerprint density at radius 3 is 3.04 bits per heavy atom. The number of aromatic amines is 1. The Bertz CT molecular complexity index is 916. The van der Waals surface area contributed by atoms with Crippen molar-refractivity contribution in [3.63, 3.8) is 0 Å². The molecule has 0 bridgehead atoms. The second kappa shape index (κ2) is 6.27. The molecule has 1 unspecified atom stereocenters. The van der Waals surface area contributed by atoms with Crippen molar-refractivity contribution in [1.29, 1.82) is 5.26 Å². The number of aromatic nitrogens is 5. The van der Waals surface area contributed by atoms with Crippen LogP contribution in [0, 0.1) is 11.3 Å². The largest absolute Gasteiger partial charge is 0.386 e. The number of nitrogens with one attached hydrogen (secondary N) is 2. The molecule has 0 aromatic carbocycles. The first-order chi connectivity index (χ1) is 12.2. The van der Waals surface area contributed by atoms with Crippen molar-refractivity contribution < 1.29 is 5.11 Å². The standard InChI is InChI=1S/C17H19N7O/c18-6-8-20-16(17(25)4-1-2-5-17)24-10-12(9-23-24)14-13-3-7-19-15(13)22-11-21-14/h3,7,9-11,16,20,25H,1-2,4-5,8H2,(H,19,21,22). The number of hydrogen-bond donors (Lipinski definition) is 3. The quantitative estimate of drug-likeness (QED) is 0.611. The molecular weight excluding hydrogens is 318 g/mol. The van der Waals surface area contributed by atoms with E-state index in [4.69, 9.17) is 5.26 Å². The normalized spacial score (nSPS) is 17.6. The van der Waals surface area contributed by atoms with E-state index in [1.54, 1.807) is 10.9 Å². The lowest BCUT2D eigenvalue weighted by atomic mass is 9.98. The Morgan fingerprint density at radius 2 is 2.24 bits per heavy atom. The molecule has 3 N–H and O–H groups in total. The van der Waals surface area contributed by atoms with Crippen LogP contribution in [-0.2, 0) is 0 Å². The molecule has 1 saturated carbocycles. The van der Waals surface area contributed by atoms with Crippen molar-refractivity contribution in [2.24, 2.45) is 0 Å². The van der Waals surface area contributed by atoms with Gasteiger partial charge in [-0.05, 0) is 18.9 Å². The lowest BCUT2D eigenvalue weighted by molar-refractivity contribution is -0.0230. The summed E-state index contributed by atoms with van der Waals surface area (Å²) in [4.78, 5) is 11.7. The summed E-state index contributed by atoms with van der Waals surface area (Å²) in [6, 6.07) is 4.01. The van der Waals surface area contributed by atoms with Gasteiger partial charge in [-0.25, -0.2) is 9.97 Å². The fourth-order valence-corrected chi connectivity index (χ4v) is 3.64. The van der Waals surface area contributed by atoms with E-state index in [-0.39, 0.29) is 6.54 Å². The number of fused-ring (bicyclic) bond motifs is 1. The van der Waals surface area contributed by atoms with Gasteiger partial charge in [-0.3, -0.25) is 10.00 Å². The fourth-order valence-electron chi connectivity index (χ4n) is 3.64. The molecule has 3 heterocycles. The zero-order valence-corrected chi connectivity index (χ0v) is 13.7. The highest BCUT2D eigenvalue weighted by Gasteiger charge is 2.41. The van der Waals surface area contributed by atoms with Crippen LogP contribution in [-0.4, -0.2) is 42.0 Å². The number of rotatable bonds is 5. The molecule has 4 rings (SSSR count). The molecule has 3 aromatic rings. The second-order valence-corrected chi connectivity index (χ2v) is 6.42. The van der Waals surface area contributed by atoms with Crippen molar-refractivity contribution in [3.8, 4) is 17.3 Å². The van der Waals surface area contributed by atoms with Crippen molar-refractivity contribution in [2.45, 2.75) is 37.5 Å². The Morgan fingerprint density at radius 1 is 1.40 bits per heavy atom. The fraction of sp³-hybridized carbons (Fsp3) is 0.412. The number of H-pyrrole nitrogens is 1. The van der Waals surface area contributed by atoms with E-state index in [9.17, 15) is 5.11 Å². The lowest BCUT2D eigenvalue weighted by Crippen LogP contribution is -2.45. The lowest BCUT2D eigenvalue weighted by Gasteiger charge is -2.32. The first kappa shape index (κ1) is 15.7. The summed E-state index contributed by atoms with van der Waals surface area (Å²) in [5.74, 6) is 0. The monoisotopic (exact) mass is 337 g/mol. The molecule has 1 aliphatic rings. The first-order valence-corrected chi connectivity index (χ1v) is 8.37. The van der Waals surface area contributed by atoms with Crippen LogP contribution in [0.3, 0.4) is 0 Å². The van der Waals surface area contributed by atoms with Crippen LogP contribution in [0.1, 0.15) is 31.8 Å². The molecule has 0 saturated heterocycles. The van der Waals surface area contributed by atoms with Gasteiger partial charge in [0.2, 0.25) is 0 Å². The van der Waals surface area contributed by atoms with Crippen molar-refractivity contribution in [2.75, 3.05) is 6.54 Å². The predicted molar refractivity (Wildman–Crippen MR) is 91.2 cm³/mol. The van der Waals surface area contributed by atoms with Gasteiger partial charge in [0.05, 0.1) is 24.5 Å². The summed E-state index contributed by atoms with van der Waals surface area (Å²) in [6.07, 6.45) is 9.84. The maximum absolute atomic E-state index is 11.0. The smallest absolute Gasteiger partial charge is 0.141 e. The summed E-state index contributed by atoms with van der Waals surface area (Å²) in [5, 5.41) is 28.4. The Labute approximate surface area is 144 Å². The van der Waals surface area contributed by atoms with Crippen LogP contribution in [0.15, 0.2) is 31.0 Å². The minimum absolute atomic E-state index is 0.151. The molecule has 1 aliphatic carbocycles. The molecule has 25 heavy (non-hydrogen) atoms. The minimum Gasteiger partial charge on any atom is -0.386 e. The highest BCUT2D eigenvalue weighted by Crippen LogP contribution is 2.37. The molecule has 3 aromatic heterocycles. The first-order valence-electron chi connectivity index (χ1n) is 8.37. The van der Waals surface area contributed by atoms with E-state index < -0.39 is 11.8 Å². The van der Waals surface area contributed by atoms with E-state index in [0.29, 0.717) is 12.8 Å². The summed E-state index contributed by atoms with van der Waals surface area (Å²) in [5.41, 5.74) is 1.51. The zero-order valence-electron chi connectivity index (χ0n) is 13.7. The summed E-state index contributed by atoms with van der Waals surface area (Å²) in [6.45, 7) is 0.151. The SMILES string of the molecule is N#CCNC(n1cc(-c2ncnc3[nH]ccc23)cn1)C1(O)CCCC1. The van der Waals surface area contributed by atoms with Crippen molar-refractivity contribution in [1.82, 2.24) is 30.0 Å². The molecule has 8 nitrogen and oxygen atoms in total. The maximum Gasteiger partial charge on any atom is 0.141 e. The number of nitriles is 1. The molecule has 8 heteroatoms. The molecule has 128 valence electrons. The summed E-state index contributed by atoms with van der Waals surface area (Å²) >= 11 is 0. The van der Waals surface area contributed by atoms with Crippen LogP contribution >= 0.6 is 0 Å². The van der Waals surface area contributed by atoms with Gasteiger partial charge in [-0.1, -0.05) is 12.8 Å². The second-order valence-electron chi connectivity index (χ2n) is 6.42. The summed E-state index contributed by atoms with van der Waals surface area (Å²) < 4.78 is 1.71. The zero-order chi connectivity index (χ0) is 17.3. The van der Waals surface area contributed by atoms with E-state index in [0.717, 1.165) is 35.1 Å². The number of hydrogen-bond acceptors (Lipinski definition) is 6. The molecule has 1 fully saturated rings. The minimum atomic E-state index is -0.894. The maximum atomic E-state index is 11.0. The third-order valence-corrected chi connectivity index (χ3v) is 4.85. The Kier molecular flexibility index (Phi) is 3.95. The highest BCUT2D eigenvalue weighted by molar-refractivity contribution is 5.89. The third kappa shape index (κ3) is 2.77. The Hall–Kier alpha value is -2.76. The average molecular weight is 337 g/mol. The molecule has 0 radical (unpaired) electrons. The van der Waals surface area contributed by atoms with Crippen molar-refractivity contribution >= 4 is 11.0 Å². The predicted octanol–water partition coefficient (Wildman–Crippen LogP) is 1.74. The van der Waals surface area contributed by atoms with E-state index in [2.05, 4.69) is 31.4 Å². The summed E-state index contributed by atoms with van der Waals surface area (Å²) in [7, 11) is 0. The van der Waals surface area contributed by atoms with Crippen LogP contribution in [0.4, 0.5) is 0 Å². The highest BCUT2D eigenvalue weighted by atomic mass is 16.3. The van der Waals surface area contributed by atoms with Gasteiger partial charge in [0.15, 0.2) is 0 Å². The molecular formula is C17H19N7O. The molecule has 0 spiro atoms. The van der Waals surface area contributed by atoms with Crippen LogP contribution in [0.25, 0.3) is 22.3 Å². The Balaban J connectivity index is 1.71. The number of nitrogens with zero attached hydrogens (tertiary/aromatic N) is 5. The van der Waals surface area contributed by atoms with Crippen molar-refractivity contribution in [3.05, 3.63) is 31.0 Å². The molecule has 1 atom stereocenters. The third-order valence-electron chi connectivity index (χ3n) is 4.85. The topological polar surface area (TPSA) is 115 Å². The van der Waals surface area contributed by atoms with Gasteiger partial charge >= 0.3 is 0 Å². The van der Waals surface area contributed by atoms with Gasteiger partial charge < -0.3 is 10.1 Å². The molecule has 0 amide bonds. The van der Waals surface area contributed by atoms with Crippen LogP contribution < -0.4 is 5.32 Å². The van der Waals surface area contributed by atoms with Gasteiger partial charge in [0, 0.05) is 23.3 Å². The van der Waals surface area contributed by atoms with Crippen LogP contribution in [0.5, 0.6) is 0 Å². The van der Waals surface area contributed by atoms with Gasteiger partial charge in [-0.2, -0.15) is 10.4 Å². The van der Waals surface area contributed by atoms with Gasteiger partial charge in [0.25, 0.3) is 0 Å². The van der Waals surface area contributed by atoms with Gasteiger partial charge in [0.1, 0.15) is 23.7 Å². The molecule has 0 aliphatic heterocycles. The van der Waals surface area contributed by atoms with E-state index in [1.807, 2.05) is 18.5 Å². The van der Waals surface area contributed by atoms with E-state index >= 15 is 0 Å². The van der Waals surface area contributed by atoms with Crippen LogP contribution in [0.2, 0.25) is 0 Å². The average Bonchev–Trinajstić information content (AvgIpc) is 3.35. The van der Waals surface area contributed by atoms with Gasteiger partial charge in [-0.15, -0.1) is 0 Å². The number of aliphatic hydroxyl groups is 1. The van der Waals surface area contributed by atoms with E-state index in [1.165, 1.54) is 6.33 Å².